The van der Waals surface area contributed by atoms with Gasteiger partial charge in [-0.2, -0.15) is 17.6 Å². The third-order valence-corrected chi connectivity index (χ3v) is 8.64. The van der Waals surface area contributed by atoms with E-state index in [2.05, 4.69) is 9.05 Å². The van der Waals surface area contributed by atoms with Gasteiger partial charge in [-0.05, 0) is 37.0 Å². The highest BCUT2D eigenvalue weighted by atomic mass is 31.2. The molecule has 0 bridgehead atoms. The molecule has 1 saturated heterocycles. The Bertz CT molecular complexity index is 1390. The average molecular weight is 701 g/mol. The summed E-state index contributed by atoms with van der Waals surface area (Å²) in [5.41, 5.74) is -1.40. The van der Waals surface area contributed by atoms with Crippen LogP contribution in [0.1, 0.15) is 82.4 Å². The van der Waals surface area contributed by atoms with Crippen LogP contribution in [-0.4, -0.2) is 63.9 Å². The summed E-state index contributed by atoms with van der Waals surface area (Å²) in [6.07, 6.45) is -2.98. The average Bonchev–Trinajstić information content (AvgIpc) is 3.38. The number of benzene rings is 1. The van der Waals surface area contributed by atoms with Crippen molar-refractivity contribution in [2.45, 2.75) is 108 Å². The number of nitrogens with zero attached hydrogens (tertiary/aromatic N) is 1. The molecular weight excluding hydrogens is 658 g/mol. The highest BCUT2D eigenvalue weighted by Crippen LogP contribution is 2.49. The van der Waals surface area contributed by atoms with Crippen molar-refractivity contribution in [1.29, 1.82) is 0 Å². The Morgan fingerprint density at radius 3 is 2.15 bits per heavy atom. The summed E-state index contributed by atoms with van der Waals surface area (Å²) < 4.78 is 100.0. The molecule has 1 aromatic heterocycles. The highest BCUT2D eigenvalue weighted by Gasteiger charge is 2.55. The molecule has 1 aromatic carbocycles. The summed E-state index contributed by atoms with van der Waals surface area (Å²) in [5.74, 6) is -1.64. The molecule has 3 rings (SSSR count). The molecule has 2 heterocycles. The lowest BCUT2D eigenvalue weighted by molar-refractivity contribution is -0.240. The third kappa shape index (κ3) is 13.5. The van der Waals surface area contributed by atoms with Gasteiger partial charge in [-0.25, -0.2) is 13.8 Å². The van der Waals surface area contributed by atoms with E-state index in [1.165, 1.54) is 25.0 Å². The molecule has 3 N–H and O–H groups in total. The molecule has 5 atom stereocenters. The number of ether oxygens (including phenoxy) is 2. The fourth-order valence-electron chi connectivity index (χ4n) is 5.19. The predicted molar refractivity (Wildman–Crippen MR) is 160 cm³/mol. The Morgan fingerprint density at radius 1 is 0.936 bits per heavy atom. The first kappa shape index (κ1) is 39.0. The van der Waals surface area contributed by atoms with E-state index in [1.807, 2.05) is 12.1 Å². The van der Waals surface area contributed by atoms with Crippen molar-refractivity contribution in [1.82, 2.24) is 9.55 Å². The van der Waals surface area contributed by atoms with Crippen molar-refractivity contribution in [3.05, 3.63) is 68.5 Å². The molecule has 11 nitrogen and oxygen atoms in total. The monoisotopic (exact) mass is 700 g/mol. The third-order valence-electron chi connectivity index (χ3n) is 7.64. The van der Waals surface area contributed by atoms with E-state index in [0.717, 1.165) is 63.4 Å². The number of nitrogens with one attached hydrogen (secondary N) is 1. The van der Waals surface area contributed by atoms with Gasteiger partial charge in [0.2, 0.25) is 5.82 Å². The van der Waals surface area contributed by atoms with E-state index in [9.17, 15) is 46.1 Å². The van der Waals surface area contributed by atoms with Gasteiger partial charge in [0.15, 0.2) is 6.10 Å². The number of H-pyrrole nitrogens is 1. The summed E-state index contributed by atoms with van der Waals surface area (Å²) in [6, 6.07) is 6.61. The summed E-state index contributed by atoms with van der Waals surface area (Å²) in [6.45, 7) is -0.407. The number of phosphoric ester groups is 1. The maximum absolute atomic E-state index is 13.8. The molecule has 17 heteroatoms. The molecule has 2 aromatic rings. The molecule has 1 aliphatic rings. The van der Waals surface area contributed by atoms with Crippen LogP contribution in [0.3, 0.4) is 0 Å². The number of unbranched alkanes of at least 4 members (excludes halogenated alkanes) is 9. The first-order valence-electron chi connectivity index (χ1n) is 15.7. The van der Waals surface area contributed by atoms with Gasteiger partial charge in [-0.3, -0.25) is 23.4 Å². The van der Waals surface area contributed by atoms with Crippen molar-refractivity contribution in [3.63, 3.8) is 0 Å². The lowest BCUT2D eigenvalue weighted by Crippen LogP contribution is -2.46. The minimum Gasteiger partial charge on any atom is -0.390 e. The normalized spacial score (nSPS) is 20.4. The summed E-state index contributed by atoms with van der Waals surface area (Å²) in [4.78, 5) is 34.7. The number of aliphatic hydroxyl groups is 1. The topological polar surface area (TPSA) is 149 Å². The molecule has 47 heavy (non-hydrogen) atoms. The van der Waals surface area contributed by atoms with E-state index in [-0.39, 0.29) is 12.4 Å². The van der Waals surface area contributed by atoms with Crippen molar-refractivity contribution in [2.24, 2.45) is 0 Å². The van der Waals surface area contributed by atoms with Crippen molar-refractivity contribution >= 4 is 7.82 Å². The van der Waals surface area contributed by atoms with Crippen molar-refractivity contribution in [2.75, 3.05) is 19.8 Å². The van der Waals surface area contributed by atoms with Gasteiger partial charge < -0.3 is 19.5 Å². The van der Waals surface area contributed by atoms with Gasteiger partial charge in [0.05, 0.1) is 25.5 Å². The zero-order valence-electron chi connectivity index (χ0n) is 25.8. The summed E-state index contributed by atoms with van der Waals surface area (Å²) in [5, 5.41) is 10.2. The molecular formula is C30H42F5N2O9P. The standard InChI is InChI=1S/C30H42F5N2O9P/c31-22-14-12-21(13-15-22)11-9-7-5-3-1-2-4-6-8-10-16-43-17-18-44-47(41,42)46-27(30(33,34)35)26-24(38)19-25(45-26)37-20-23(32)28(39)36-29(37)40/h12-15,20,24-27,38H,1-11,16-19H2,(H,41,42)(H,36,39,40)/t24-,25+,26-,27-/m0/s1. The zero-order valence-corrected chi connectivity index (χ0v) is 26.7. The zero-order chi connectivity index (χ0) is 34.5. The van der Waals surface area contributed by atoms with Gasteiger partial charge in [-0.15, -0.1) is 0 Å². The summed E-state index contributed by atoms with van der Waals surface area (Å²) >= 11 is 0. The maximum Gasteiger partial charge on any atom is 0.472 e. The number of aryl methyl sites for hydroxylation is 1. The Labute approximate surface area is 268 Å². The molecule has 0 radical (unpaired) electrons. The van der Waals surface area contributed by atoms with E-state index in [0.29, 0.717) is 17.4 Å². The number of alkyl halides is 3. The largest absolute Gasteiger partial charge is 0.472 e. The number of aromatic nitrogens is 2. The van der Waals surface area contributed by atoms with Gasteiger partial charge in [0, 0.05) is 13.0 Å². The van der Waals surface area contributed by atoms with E-state index in [1.54, 1.807) is 4.98 Å². The number of hydrogen-bond acceptors (Lipinski definition) is 8. The van der Waals surface area contributed by atoms with Crippen LogP contribution >= 0.6 is 7.82 Å². The maximum atomic E-state index is 13.8. The fraction of sp³-hybridized carbons (Fsp3) is 0.667. The Balaban J connectivity index is 1.25. The molecule has 0 amide bonds. The second-order valence-electron chi connectivity index (χ2n) is 11.4. The minimum absolute atomic E-state index is 0.183. The van der Waals surface area contributed by atoms with Crippen LogP contribution in [0.2, 0.25) is 0 Å². The fourth-order valence-corrected chi connectivity index (χ4v) is 6.08. The molecule has 1 aliphatic heterocycles. The van der Waals surface area contributed by atoms with Crippen LogP contribution in [0.5, 0.6) is 0 Å². The molecule has 1 fully saturated rings. The van der Waals surface area contributed by atoms with E-state index in [4.69, 9.17) is 9.47 Å². The minimum atomic E-state index is -5.32. The van der Waals surface area contributed by atoms with E-state index < -0.39 is 68.6 Å². The highest BCUT2D eigenvalue weighted by molar-refractivity contribution is 7.47. The molecule has 0 saturated carbocycles. The Hall–Kier alpha value is -2.46. The second kappa shape index (κ2) is 18.9. The molecule has 1 unspecified atom stereocenters. The van der Waals surface area contributed by atoms with Crippen LogP contribution < -0.4 is 11.2 Å². The number of aromatic amines is 1. The van der Waals surface area contributed by atoms with Crippen molar-refractivity contribution < 1.29 is 55.0 Å². The van der Waals surface area contributed by atoms with Crippen LogP contribution in [0, 0.1) is 11.6 Å². The number of phosphoric acid groups is 1. The lowest BCUT2D eigenvalue weighted by atomic mass is 10.0. The SMILES string of the molecule is O=c1[nH]c(=O)n([C@H]2C[C@H](O)[C@@H]([C@H](OP(=O)(O)OCCOCCCCCCCCCCCCc3ccc(F)cc3)C(F)(F)F)O2)cc1F. The van der Waals surface area contributed by atoms with Gasteiger partial charge >= 0.3 is 19.7 Å². The van der Waals surface area contributed by atoms with Gasteiger partial charge in [0.1, 0.15) is 18.1 Å². The lowest BCUT2D eigenvalue weighted by Gasteiger charge is -2.28. The van der Waals surface area contributed by atoms with Gasteiger partial charge in [-0.1, -0.05) is 63.5 Å². The van der Waals surface area contributed by atoms with Crippen LogP contribution in [-0.2, 0) is 29.5 Å². The number of aliphatic hydroxyl groups excluding tert-OH is 1. The number of halogens is 5. The first-order chi connectivity index (χ1) is 22.3. The smallest absolute Gasteiger partial charge is 0.390 e. The summed E-state index contributed by atoms with van der Waals surface area (Å²) in [7, 11) is -5.32. The predicted octanol–water partition coefficient (Wildman–Crippen LogP) is 5.69. The molecule has 0 aliphatic carbocycles. The molecule has 0 spiro atoms. The number of hydrogen-bond donors (Lipinski definition) is 3. The van der Waals surface area contributed by atoms with Gasteiger partial charge in [0.25, 0.3) is 5.56 Å². The Morgan fingerprint density at radius 2 is 1.53 bits per heavy atom. The quantitative estimate of drug-likeness (QED) is 0.0849. The van der Waals surface area contributed by atoms with Crippen molar-refractivity contribution in [3.8, 4) is 0 Å². The number of rotatable bonds is 21. The first-order valence-corrected chi connectivity index (χ1v) is 17.2. The van der Waals surface area contributed by atoms with Crippen LogP contribution in [0.25, 0.3) is 0 Å². The second-order valence-corrected chi connectivity index (χ2v) is 12.8. The van der Waals surface area contributed by atoms with Crippen LogP contribution in [0.4, 0.5) is 22.0 Å². The molecule has 266 valence electrons. The van der Waals surface area contributed by atoms with Crippen LogP contribution in [0.15, 0.2) is 40.1 Å². The van der Waals surface area contributed by atoms with E-state index >= 15 is 0 Å². The Kier molecular flexibility index (Phi) is 15.7.